The Morgan fingerprint density at radius 1 is 0.297 bits per heavy atom. The van der Waals surface area contributed by atoms with E-state index in [0.29, 0.717) is 26.4 Å². The molecule has 0 atom stereocenters. The predicted octanol–water partition coefficient (Wildman–Crippen LogP) is 10.4. The molecule has 0 aliphatic rings. The second-order valence-electron chi connectivity index (χ2n) is 11.9. The van der Waals surface area contributed by atoms with Crippen LogP contribution in [-0.2, 0) is 17.7 Å². The van der Waals surface area contributed by atoms with Crippen LogP contribution in [0.4, 0.5) is 0 Å². The summed E-state index contributed by atoms with van der Waals surface area (Å²) in [5.41, 5.74) is 0.502. The van der Waals surface area contributed by atoms with Gasteiger partial charge in [-0.25, -0.2) is 0 Å². The third kappa shape index (κ3) is 10.2. The van der Waals surface area contributed by atoms with Crippen molar-refractivity contribution in [3.63, 3.8) is 0 Å². The molecule has 0 rings (SSSR count). The van der Waals surface area contributed by atoms with Crippen LogP contribution in [0.1, 0.15) is 160 Å². The van der Waals surface area contributed by atoms with Gasteiger partial charge in [-0.1, -0.05) is 83.1 Å². The van der Waals surface area contributed by atoms with E-state index in [2.05, 4.69) is 83.1 Å². The molecule has 4 nitrogen and oxygen atoms in total. The molecule has 5 heteroatoms. The first-order valence-corrected chi connectivity index (χ1v) is 17.7. The molecule has 0 spiro atoms. The largest absolute Gasteiger partial charge is 0.679 e. The van der Waals surface area contributed by atoms with Crippen LogP contribution in [0.5, 0.6) is 0 Å². The van der Waals surface area contributed by atoms with Gasteiger partial charge in [0.1, 0.15) is 0 Å². The maximum Gasteiger partial charge on any atom is 0.679 e. The summed E-state index contributed by atoms with van der Waals surface area (Å²) >= 11 is 0. The van der Waals surface area contributed by atoms with Crippen molar-refractivity contribution < 1.29 is 17.7 Å². The fourth-order valence-corrected chi connectivity index (χ4v) is 7.87. The van der Waals surface area contributed by atoms with E-state index in [1.54, 1.807) is 0 Å². The van der Waals surface area contributed by atoms with Gasteiger partial charge in [-0.15, -0.1) is 0 Å². The van der Waals surface area contributed by atoms with Crippen molar-refractivity contribution in [2.45, 2.75) is 160 Å². The molecule has 0 radical (unpaired) electrons. The number of rotatable bonds is 24. The Morgan fingerprint density at radius 2 is 0.432 bits per heavy atom. The smallest absolute Gasteiger partial charge is 0.351 e. The Kier molecular flexibility index (Phi) is 17.7. The molecule has 0 aromatic rings. The first-order valence-electron chi connectivity index (χ1n) is 16.1. The molecule has 0 bridgehead atoms. The summed E-state index contributed by atoms with van der Waals surface area (Å²) in [5.74, 6) is 0. The highest BCUT2D eigenvalue weighted by molar-refractivity contribution is 6.53. The lowest BCUT2D eigenvalue weighted by atomic mass is 9.81. The third-order valence-corrected chi connectivity index (χ3v) is 13.2. The van der Waals surface area contributed by atoms with Gasteiger partial charge >= 0.3 is 9.05 Å². The molecule has 0 N–H and O–H groups in total. The summed E-state index contributed by atoms with van der Waals surface area (Å²) in [7, 11) is -3.43. The van der Waals surface area contributed by atoms with E-state index in [-0.39, 0.29) is 21.7 Å². The van der Waals surface area contributed by atoms with Gasteiger partial charge in [0.15, 0.2) is 0 Å². The normalized spacial score (nSPS) is 13.9. The lowest BCUT2D eigenvalue weighted by molar-refractivity contribution is -0.0967. The second kappa shape index (κ2) is 17.7. The van der Waals surface area contributed by atoms with Gasteiger partial charge < -0.3 is 17.7 Å². The van der Waals surface area contributed by atoms with E-state index in [9.17, 15) is 0 Å². The highest BCUT2D eigenvalue weighted by Crippen LogP contribution is 2.39. The Labute approximate surface area is 234 Å². The van der Waals surface area contributed by atoms with Crippen molar-refractivity contribution in [3.8, 4) is 0 Å². The molecule has 0 aromatic heterocycles. The summed E-state index contributed by atoms with van der Waals surface area (Å²) < 4.78 is 27.7. The molecule has 0 aliphatic heterocycles. The zero-order chi connectivity index (χ0) is 28.6. The molecule has 0 aromatic carbocycles. The molecule has 224 valence electrons. The van der Waals surface area contributed by atoms with Gasteiger partial charge in [-0.2, -0.15) is 0 Å². The lowest BCUT2D eigenvalue weighted by Gasteiger charge is -2.41. The fraction of sp³-hybridized carbons (Fsp3) is 1.00. The van der Waals surface area contributed by atoms with Crippen LogP contribution in [0.2, 0.25) is 0 Å². The lowest BCUT2D eigenvalue weighted by Crippen LogP contribution is -2.55. The van der Waals surface area contributed by atoms with Crippen molar-refractivity contribution in [1.29, 1.82) is 0 Å². The van der Waals surface area contributed by atoms with Crippen molar-refractivity contribution in [2.24, 2.45) is 21.7 Å². The summed E-state index contributed by atoms with van der Waals surface area (Å²) in [6, 6.07) is 0. The Hall–Kier alpha value is 0.0569. The molecule has 0 amide bonds. The third-order valence-electron chi connectivity index (χ3n) is 11.2. The second-order valence-corrected chi connectivity index (χ2v) is 14.1. The van der Waals surface area contributed by atoms with E-state index in [1.165, 1.54) is 0 Å². The highest BCUT2D eigenvalue weighted by atomic mass is 28.4. The molecular weight excluding hydrogens is 476 g/mol. The average molecular weight is 545 g/mol. The molecule has 0 unspecified atom stereocenters. The molecule has 0 fully saturated rings. The van der Waals surface area contributed by atoms with Crippen LogP contribution in [0, 0.1) is 21.7 Å². The zero-order valence-electron chi connectivity index (χ0n) is 27.4. The van der Waals surface area contributed by atoms with E-state index < -0.39 is 9.05 Å². The molecule has 0 saturated carbocycles. The van der Waals surface area contributed by atoms with Gasteiger partial charge in [0.25, 0.3) is 0 Å². The minimum absolute atomic E-state index is 0.125. The van der Waals surface area contributed by atoms with Crippen molar-refractivity contribution in [1.82, 2.24) is 0 Å². The Morgan fingerprint density at radius 3 is 0.541 bits per heavy atom. The zero-order valence-corrected chi connectivity index (χ0v) is 28.4. The average Bonchev–Trinajstić information content (AvgIpc) is 2.97. The fourth-order valence-electron chi connectivity index (χ4n) is 5.44. The first-order chi connectivity index (χ1) is 17.6. The van der Waals surface area contributed by atoms with Gasteiger partial charge in [0, 0.05) is 26.4 Å². The maximum atomic E-state index is 6.93. The molecular formula is C32H68O4Si. The van der Waals surface area contributed by atoms with Crippen LogP contribution in [0.3, 0.4) is 0 Å². The number of hydrogen-bond acceptors (Lipinski definition) is 4. The predicted molar refractivity (Wildman–Crippen MR) is 163 cm³/mol. The van der Waals surface area contributed by atoms with Crippen LogP contribution in [-0.4, -0.2) is 35.5 Å². The Balaban J connectivity index is 6.51. The van der Waals surface area contributed by atoms with Gasteiger partial charge in [0.2, 0.25) is 0 Å². The SMILES string of the molecule is CCC(CC)(CC)CO[Si](OCC(CC)(CC)CC)(OCC(CC)(CC)CC)OCC(CC)(CC)CC. The van der Waals surface area contributed by atoms with Crippen molar-refractivity contribution >= 4 is 9.05 Å². The van der Waals surface area contributed by atoms with Gasteiger partial charge in [-0.05, 0) is 98.7 Å². The van der Waals surface area contributed by atoms with E-state index in [4.69, 9.17) is 17.7 Å². The molecule has 0 heterocycles. The summed E-state index contributed by atoms with van der Waals surface area (Å²) in [6.07, 6.45) is 13.0. The Bertz CT molecular complexity index is 429. The minimum atomic E-state index is -3.43. The van der Waals surface area contributed by atoms with Crippen LogP contribution in [0.15, 0.2) is 0 Å². The highest BCUT2D eigenvalue weighted by Gasteiger charge is 2.51. The monoisotopic (exact) mass is 544 g/mol. The van der Waals surface area contributed by atoms with Crippen molar-refractivity contribution in [2.75, 3.05) is 26.4 Å². The summed E-state index contributed by atoms with van der Waals surface area (Å²) in [6.45, 7) is 29.9. The van der Waals surface area contributed by atoms with E-state index >= 15 is 0 Å². The van der Waals surface area contributed by atoms with Crippen LogP contribution in [0.25, 0.3) is 0 Å². The quantitative estimate of drug-likeness (QED) is 0.113. The van der Waals surface area contributed by atoms with Gasteiger partial charge in [0.05, 0.1) is 0 Å². The first kappa shape index (κ1) is 37.1. The number of hydrogen-bond donors (Lipinski definition) is 0. The van der Waals surface area contributed by atoms with Crippen molar-refractivity contribution in [3.05, 3.63) is 0 Å². The summed E-state index contributed by atoms with van der Waals surface area (Å²) in [5, 5.41) is 0. The molecule has 37 heavy (non-hydrogen) atoms. The van der Waals surface area contributed by atoms with Crippen LogP contribution >= 0.6 is 0 Å². The summed E-state index contributed by atoms with van der Waals surface area (Å²) in [4.78, 5) is 0. The molecule has 0 aliphatic carbocycles. The maximum absolute atomic E-state index is 6.93. The van der Waals surface area contributed by atoms with Gasteiger partial charge in [-0.3, -0.25) is 0 Å². The van der Waals surface area contributed by atoms with E-state index in [1.807, 2.05) is 0 Å². The minimum Gasteiger partial charge on any atom is -0.351 e. The van der Waals surface area contributed by atoms with Crippen LogP contribution < -0.4 is 0 Å². The topological polar surface area (TPSA) is 36.9 Å². The van der Waals surface area contributed by atoms with E-state index in [0.717, 1.165) is 77.0 Å². The molecule has 0 saturated heterocycles. The standard InChI is InChI=1S/C32H68O4Si/c1-13-29(14-2,15-3)25-33-37(34-26-30(16-4,17-5)18-6,35-27-31(19-7,20-8)21-9)36-28-32(22-10,23-11)24-12/h13-28H2,1-12H3.